The first-order valence-electron chi connectivity index (χ1n) is 5.85. The quantitative estimate of drug-likeness (QED) is 0.853. The van der Waals surface area contributed by atoms with Gasteiger partial charge in [-0.2, -0.15) is 0 Å². The minimum atomic E-state index is -3.37. The molecular weight excluding hydrogens is 299 g/mol. The molecule has 0 aliphatic heterocycles. The predicted octanol–water partition coefficient (Wildman–Crippen LogP) is 4.06. The first-order valence-corrected chi connectivity index (χ1v) is 7.95. The minimum absolute atomic E-state index is 0.0954. The molecule has 0 unspecified atom stereocenters. The maximum Gasteiger partial charge on any atom is 0.175 e. The molecule has 2 aromatic carbocycles. The fourth-order valence-corrected chi connectivity index (χ4v) is 2.86. The van der Waals surface area contributed by atoms with Crippen molar-refractivity contribution in [3.05, 3.63) is 75.9 Å². The van der Waals surface area contributed by atoms with Gasteiger partial charge < -0.3 is 0 Å². The molecule has 0 aromatic heterocycles. The first kappa shape index (κ1) is 14.8. The Balaban J connectivity index is 2.11. The lowest BCUT2D eigenvalue weighted by Crippen LogP contribution is -1.99. The van der Waals surface area contributed by atoms with E-state index in [0.717, 1.165) is 5.41 Å². The van der Waals surface area contributed by atoms with E-state index in [4.69, 9.17) is 11.6 Å². The number of hydrogen-bond donors (Lipinski definition) is 0. The van der Waals surface area contributed by atoms with Gasteiger partial charge in [-0.25, -0.2) is 12.8 Å². The summed E-state index contributed by atoms with van der Waals surface area (Å²) in [5.74, 6) is -0.451. The molecule has 2 nitrogen and oxygen atoms in total. The number of rotatable bonds is 4. The standard InChI is InChI=1S/C15H12ClFO2S/c16-14-5-1-13(2-6-14)11-20(18,19)10-9-12-3-7-15(17)8-4-12/h1-10H,11H2. The van der Waals surface area contributed by atoms with Crippen molar-refractivity contribution in [1.29, 1.82) is 0 Å². The summed E-state index contributed by atoms with van der Waals surface area (Å²) in [6.07, 6.45) is 1.45. The summed E-state index contributed by atoms with van der Waals surface area (Å²) >= 11 is 5.74. The fraction of sp³-hybridized carbons (Fsp3) is 0.0667. The van der Waals surface area contributed by atoms with Crippen LogP contribution in [0.15, 0.2) is 53.9 Å². The summed E-state index contributed by atoms with van der Waals surface area (Å²) < 4.78 is 36.6. The Labute approximate surface area is 122 Å². The highest BCUT2D eigenvalue weighted by Gasteiger charge is 2.07. The van der Waals surface area contributed by atoms with E-state index in [-0.39, 0.29) is 11.6 Å². The van der Waals surface area contributed by atoms with E-state index >= 15 is 0 Å². The van der Waals surface area contributed by atoms with E-state index in [1.54, 1.807) is 24.3 Å². The highest BCUT2D eigenvalue weighted by Crippen LogP contribution is 2.14. The molecule has 0 atom stereocenters. The Morgan fingerprint density at radius 3 is 2.20 bits per heavy atom. The highest BCUT2D eigenvalue weighted by molar-refractivity contribution is 7.93. The molecule has 2 rings (SSSR count). The fourth-order valence-electron chi connectivity index (χ4n) is 1.62. The molecule has 0 saturated heterocycles. The van der Waals surface area contributed by atoms with Crippen LogP contribution in [-0.4, -0.2) is 8.42 Å². The van der Waals surface area contributed by atoms with Crippen LogP contribution in [0, 0.1) is 5.82 Å². The largest absolute Gasteiger partial charge is 0.224 e. The van der Waals surface area contributed by atoms with Crippen molar-refractivity contribution < 1.29 is 12.8 Å². The molecule has 0 radical (unpaired) electrons. The monoisotopic (exact) mass is 310 g/mol. The summed E-state index contributed by atoms with van der Waals surface area (Å²) in [6.45, 7) is 0. The molecule has 5 heteroatoms. The van der Waals surface area contributed by atoms with Gasteiger partial charge >= 0.3 is 0 Å². The van der Waals surface area contributed by atoms with Crippen molar-refractivity contribution in [2.24, 2.45) is 0 Å². The van der Waals surface area contributed by atoms with Crippen LogP contribution in [0.1, 0.15) is 11.1 Å². The zero-order valence-electron chi connectivity index (χ0n) is 10.5. The highest BCUT2D eigenvalue weighted by atomic mass is 35.5. The van der Waals surface area contributed by atoms with Crippen molar-refractivity contribution in [3.63, 3.8) is 0 Å². The van der Waals surface area contributed by atoms with E-state index in [1.165, 1.54) is 30.3 Å². The van der Waals surface area contributed by atoms with Crippen LogP contribution in [0.3, 0.4) is 0 Å². The third kappa shape index (κ3) is 4.47. The Bertz CT molecular complexity index is 705. The lowest BCUT2D eigenvalue weighted by molar-refractivity contribution is 0.604. The van der Waals surface area contributed by atoms with Crippen LogP contribution in [0.25, 0.3) is 6.08 Å². The third-order valence-electron chi connectivity index (χ3n) is 2.62. The van der Waals surface area contributed by atoms with Gasteiger partial charge in [-0.3, -0.25) is 0 Å². The second-order valence-electron chi connectivity index (χ2n) is 4.29. The number of hydrogen-bond acceptors (Lipinski definition) is 2. The molecule has 0 aliphatic rings. The summed E-state index contributed by atoms with van der Waals surface area (Å²) in [5, 5.41) is 1.70. The lowest BCUT2D eigenvalue weighted by Gasteiger charge is -2.00. The van der Waals surface area contributed by atoms with Gasteiger partial charge in [0.15, 0.2) is 9.84 Å². The maximum absolute atomic E-state index is 12.7. The number of benzene rings is 2. The topological polar surface area (TPSA) is 34.1 Å². The summed E-state index contributed by atoms with van der Waals surface area (Å²) in [5.41, 5.74) is 1.30. The van der Waals surface area contributed by atoms with Gasteiger partial charge in [-0.05, 0) is 41.5 Å². The van der Waals surface area contributed by atoms with Crippen molar-refractivity contribution in [2.75, 3.05) is 0 Å². The van der Waals surface area contributed by atoms with E-state index in [0.29, 0.717) is 16.1 Å². The number of halogens is 2. The van der Waals surface area contributed by atoms with E-state index in [9.17, 15) is 12.8 Å². The molecule has 0 aliphatic carbocycles. The molecule has 0 fully saturated rings. The van der Waals surface area contributed by atoms with Crippen molar-refractivity contribution in [1.82, 2.24) is 0 Å². The average Bonchev–Trinajstić information content (AvgIpc) is 2.41. The maximum atomic E-state index is 12.7. The second kappa shape index (κ2) is 6.20. The molecule has 20 heavy (non-hydrogen) atoms. The van der Waals surface area contributed by atoms with Crippen LogP contribution in [0.4, 0.5) is 4.39 Å². The predicted molar refractivity (Wildman–Crippen MR) is 79.5 cm³/mol. The molecular formula is C15H12ClFO2S. The summed E-state index contributed by atoms with van der Waals surface area (Å²) in [6, 6.07) is 12.2. The average molecular weight is 311 g/mol. The number of sulfone groups is 1. The van der Waals surface area contributed by atoms with Crippen LogP contribution >= 0.6 is 11.6 Å². The van der Waals surface area contributed by atoms with Crippen LogP contribution in [0.5, 0.6) is 0 Å². The molecule has 0 N–H and O–H groups in total. The van der Waals surface area contributed by atoms with Crippen molar-refractivity contribution >= 4 is 27.5 Å². The van der Waals surface area contributed by atoms with Crippen LogP contribution in [0.2, 0.25) is 5.02 Å². The van der Waals surface area contributed by atoms with Gasteiger partial charge in [-0.1, -0.05) is 35.9 Å². The normalized spacial score (nSPS) is 11.9. The van der Waals surface area contributed by atoms with Gasteiger partial charge in [-0.15, -0.1) is 0 Å². The van der Waals surface area contributed by atoms with Gasteiger partial charge in [0, 0.05) is 10.4 Å². The van der Waals surface area contributed by atoms with Gasteiger partial charge in [0.05, 0.1) is 5.75 Å². The summed E-state index contributed by atoms with van der Waals surface area (Å²) in [7, 11) is -3.37. The lowest BCUT2D eigenvalue weighted by atomic mass is 10.2. The zero-order chi connectivity index (χ0) is 14.6. The minimum Gasteiger partial charge on any atom is -0.224 e. The summed E-state index contributed by atoms with van der Waals surface area (Å²) in [4.78, 5) is 0. The van der Waals surface area contributed by atoms with Crippen molar-refractivity contribution in [2.45, 2.75) is 5.75 Å². The van der Waals surface area contributed by atoms with Gasteiger partial charge in [0.1, 0.15) is 5.82 Å². The van der Waals surface area contributed by atoms with Crippen LogP contribution < -0.4 is 0 Å². The molecule has 2 aromatic rings. The molecule has 0 heterocycles. The second-order valence-corrected chi connectivity index (χ2v) is 6.61. The van der Waals surface area contributed by atoms with Gasteiger partial charge in [0.2, 0.25) is 0 Å². The zero-order valence-corrected chi connectivity index (χ0v) is 12.0. The van der Waals surface area contributed by atoms with Crippen molar-refractivity contribution in [3.8, 4) is 0 Å². The molecule has 0 amide bonds. The Hall–Kier alpha value is -1.65. The third-order valence-corrected chi connectivity index (χ3v) is 4.16. The van der Waals surface area contributed by atoms with Crippen LogP contribution in [-0.2, 0) is 15.6 Å². The SMILES string of the molecule is O=S(=O)(C=Cc1ccc(F)cc1)Cc1ccc(Cl)cc1. The van der Waals surface area contributed by atoms with E-state index in [1.807, 2.05) is 0 Å². The first-order chi connectivity index (χ1) is 9.44. The Kier molecular flexibility index (Phi) is 4.57. The van der Waals surface area contributed by atoms with E-state index < -0.39 is 9.84 Å². The Morgan fingerprint density at radius 2 is 1.60 bits per heavy atom. The molecule has 0 spiro atoms. The molecule has 104 valence electrons. The van der Waals surface area contributed by atoms with E-state index in [2.05, 4.69) is 0 Å². The van der Waals surface area contributed by atoms with Gasteiger partial charge in [0.25, 0.3) is 0 Å². The molecule has 0 bridgehead atoms. The molecule has 0 saturated carbocycles. The Morgan fingerprint density at radius 1 is 1.00 bits per heavy atom. The smallest absolute Gasteiger partial charge is 0.175 e.